The molecule has 0 radical (unpaired) electrons. The smallest absolute Gasteiger partial charge is 0.161 e. The lowest BCUT2D eigenvalue weighted by atomic mass is 10.0. The number of hydrogen-bond donors (Lipinski definition) is 2. The van der Waals surface area contributed by atoms with Crippen LogP contribution in [0, 0.1) is 0 Å². The number of benzene rings is 1. The largest absolute Gasteiger partial charge is 0.493 e. The number of aliphatic hydroxyl groups is 1. The molecule has 0 saturated carbocycles. The van der Waals surface area contributed by atoms with E-state index in [2.05, 4.69) is 6.92 Å². The lowest BCUT2D eigenvalue weighted by Gasteiger charge is -2.31. The molecule has 0 spiro atoms. The van der Waals surface area contributed by atoms with Crippen LogP contribution in [0.4, 0.5) is 0 Å². The SMILES string of the molecule is C/C=C/c1ccc(OC[C@@H](O)C[NH+]2CCCC[C@@H]2C)c(OC)c1. The molecule has 1 aromatic rings. The maximum Gasteiger partial charge on any atom is 0.161 e. The van der Waals surface area contributed by atoms with Crippen LogP contribution in [-0.2, 0) is 0 Å². The molecule has 0 bridgehead atoms. The molecule has 23 heavy (non-hydrogen) atoms. The Bertz CT molecular complexity index is 515. The van der Waals surface area contributed by atoms with Crippen molar-refractivity contribution in [3.8, 4) is 11.5 Å². The number of ether oxygens (including phenoxy) is 2. The summed E-state index contributed by atoms with van der Waals surface area (Å²) in [6.07, 6.45) is 7.37. The summed E-state index contributed by atoms with van der Waals surface area (Å²) in [6.45, 7) is 6.46. The molecule has 0 aliphatic carbocycles. The summed E-state index contributed by atoms with van der Waals surface area (Å²) in [4.78, 5) is 1.49. The first-order valence-corrected chi connectivity index (χ1v) is 8.60. The van der Waals surface area contributed by atoms with Gasteiger partial charge in [0.1, 0.15) is 19.3 Å². The van der Waals surface area contributed by atoms with Gasteiger partial charge in [0.05, 0.1) is 19.7 Å². The summed E-state index contributed by atoms with van der Waals surface area (Å²) in [5, 5.41) is 10.3. The molecule has 3 atom stereocenters. The van der Waals surface area contributed by atoms with E-state index in [1.807, 2.05) is 37.3 Å². The molecule has 2 N–H and O–H groups in total. The van der Waals surface area contributed by atoms with E-state index in [-0.39, 0.29) is 0 Å². The Kier molecular flexibility index (Phi) is 6.93. The second-order valence-electron chi connectivity index (χ2n) is 6.38. The fraction of sp³-hybridized carbons (Fsp3) is 0.579. The van der Waals surface area contributed by atoms with Crippen molar-refractivity contribution < 1.29 is 19.5 Å². The van der Waals surface area contributed by atoms with Gasteiger partial charge in [-0.25, -0.2) is 0 Å². The predicted octanol–water partition coefficient (Wildman–Crippen LogP) is 1.93. The van der Waals surface area contributed by atoms with Crippen molar-refractivity contribution in [1.29, 1.82) is 0 Å². The number of nitrogens with one attached hydrogen (secondary N) is 1. The molecule has 0 aromatic heterocycles. The molecule has 1 saturated heterocycles. The minimum atomic E-state index is -0.453. The first kappa shape index (κ1) is 17.8. The third-order valence-electron chi connectivity index (χ3n) is 4.56. The topological polar surface area (TPSA) is 43.1 Å². The Labute approximate surface area is 139 Å². The first-order chi connectivity index (χ1) is 11.1. The van der Waals surface area contributed by atoms with Crippen molar-refractivity contribution in [2.45, 2.75) is 45.3 Å². The van der Waals surface area contributed by atoms with Gasteiger partial charge in [0.25, 0.3) is 0 Å². The minimum Gasteiger partial charge on any atom is -0.493 e. The maximum atomic E-state index is 10.3. The zero-order valence-corrected chi connectivity index (χ0v) is 14.5. The van der Waals surface area contributed by atoms with Crippen molar-refractivity contribution in [2.75, 3.05) is 26.8 Å². The monoisotopic (exact) mass is 320 g/mol. The molecule has 0 amide bonds. The van der Waals surface area contributed by atoms with Crippen molar-refractivity contribution in [2.24, 2.45) is 0 Å². The highest BCUT2D eigenvalue weighted by Crippen LogP contribution is 2.28. The van der Waals surface area contributed by atoms with Gasteiger partial charge in [-0.1, -0.05) is 18.2 Å². The predicted molar refractivity (Wildman–Crippen MR) is 93.2 cm³/mol. The average molecular weight is 320 g/mol. The molecule has 4 heteroatoms. The molecule has 1 heterocycles. The Hall–Kier alpha value is -1.52. The molecule has 1 aliphatic heterocycles. The van der Waals surface area contributed by atoms with E-state index in [9.17, 15) is 5.11 Å². The molecule has 1 aromatic carbocycles. The van der Waals surface area contributed by atoms with Crippen molar-refractivity contribution in [3.05, 3.63) is 29.8 Å². The van der Waals surface area contributed by atoms with E-state index in [1.54, 1.807) is 7.11 Å². The molecule has 128 valence electrons. The number of likely N-dealkylation sites (tertiary alicyclic amines) is 1. The molecule has 1 fully saturated rings. The second kappa shape index (κ2) is 8.94. The van der Waals surface area contributed by atoms with Crippen molar-refractivity contribution in [1.82, 2.24) is 0 Å². The van der Waals surface area contributed by atoms with Crippen LogP contribution in [0.5, 0.6) is 11.5 Å². The van der Waals surface area contributed by atoms with Crippen LogP contribution < -0.4 is 14.4 Å². The van der Waals surface area contributed by atoms with Crippen LogP contribution >= 0.6 is 0 Å². The highest BCUT2D eigenvalue weighted by atomic mass is 16.5. The van der Waals surface area contributed by atoms with E-state index >= 15 is 0 Å². The fourth-order valence-electron chi connectivity index (χ4n) is 3.20. The van der Waals surface area contributed by atoms with Crippen LogP contribution in [0.1, 0.15) is 38.7 Å². The Morgan fingerprint density at radius 3 is 2.87 bits per heavy atom. The molecule has 4 nitrogen and oxygen atoms in total. The van der Waals surface area contributed by atoms with Crippen molar-refractivity contribution in [3.63, 3.8) is 0 Å². The van der Waals surface area contributed by atoms with Crippen LogP contribution in [0.2, 0.25) is 0 Å². The number of methoxy groups -OCH3 is 1. The summed E-state index contributed by atoms with van der Waals surface area (Å²) in [5.41, 5.74) is 1.07. The van der Waals surface area contributed by atoms with Gasteiger partial charge in [-0.2, -0.15) is 0 Å². The van der Waals surface area contributed by atoms with Crippen LogP contribution in [0.15, 0.2) is 24.3 Å². The second-order valence-corrected chi connectivity index (χ2v) is 6.38. The standard InChI is InChI=1S/C19H29NO3/c1-4-7-16-9-10-18(19(12-16)22-3)23-14-17(21)13-20-11-6-5-8-15(20)2/h4,7,9-10,12,15,17,21H,5-6,8,11,13-14H2,1-3H3/p+1/b7-4+/t15-,17-/m0/s1. The van der Waals surface area contributed by atoms with E-state index in [0.29, 0.717) is 24.1 Å². The van der Waals surface area contributed by atoms with E-state index in [0.717, 1.165) is 18.7 Å². The summed E-state index contributed by atoms with van der Waals surface area (Å²) in [6, 6.07) is 6.46. The molecule has 1 aliphatic rings. The maximum absolute atomic E-state index is 10.3. The molecular formula is C19H30NO3+. The first-order valence-electron chi connectivity index (χ1n) is 8.60. The van der Waals surface area contributed by atoms with Crippen LogP contribution in [0.3, 0.4) is 0 Å². The number of quaternary nitrogens is 1. The van der Waals surface area contributed by atoms with Gasteiger partial charge >= 0.3 is 0 Å². The summed E-state index contributed by atoms with van der Waals surface area (Å²) < 4.78 is 11.2. The minimum absolute atomic E-state index is 0.301. The lowest BCUT2D eigenvalue weighted by Crippen LogP contribution is -3.17. The Morgan fingerprint density at radius 2 is 2.17 bits per heavy atom. The number of allylic oxidation sites excluding steroid dienone is 1. The van der Waals surface area contributed by atoms with Crippen molar-refractivity contribution >= 4 is 6.08 Å². The van der Waals surface area contributed by atoms with Crippen LogP contribution in [-0.4, -0.2) is 44.1 Å². The zero-order chi connectivity index (χ0) is 16.7. The molecule has 2 rings (SSSR count). The normalized spacial score (nSPS) is 23.0. The van der Waals surface area contributed by atoms with Gasteiger partial charge in [-0.05, 0) is 50.8 Å². The van der Waals surface area contributed by atoms with E-state index < -0.39 is 6.10 Å². The lowest BCUT2D eigenvalue weighted by molar-refractivity contribution is -0.931. The number of aliphatic hydroxyl groups excluding tert-OH is 1. The average Bonchev–Trinajstić information content (AvgIpc) is 2.56. The molecule has 1 unspecified atom stereocenters. The van der Waals surface area contributed by atoms with Gasteiger partial charge < -0.3 is 19.5 Å². The quantitative estimate of drug-likeness (QED) is 0.807. The van der Waals surface area contributed by atoms with Gasteiger partial charge in [0.2, 0.25) is 0 Å². The zero-order valence-electron chi connectivity index (χ0n) is 14.5. The molecular weight excluding hydrogens is 290 g/mol. The van der Waals surface area contributed by atoms with Gasteiger partial charge in [-0.3, -0.25) is 0 Å². The van der Waals surface area contributed by atoms with Gasteiger partial charge in [0.15, 0.2) is 11.5 Å². The summed E-state index contributed by atoms with van der Waals surface area (Å²) in [5.74, 6) is 1.38. The number of hydrogen-bond acceptors (Lipinski definition) is 3. The Morgan fingerprint density at radius 1 is 1.35 bits per heavy atom. The van der Waals surface area contributed by atoms with Crippen LogP contribution in [0.25, 0.3) is 6.08 Å². The number of rotatable bonds is 7. The highest BCUT2D eigenvalue weighted by molar-refractivity contribution is 5.55. The number of piperidine rings is 1. The van der Waals surface area contributed by atoms with Gasteiger partial charge in [0, 0.05) is 0 Å². The third-order valence-corrected chi connectivity index (χ3v) is 4.56. The summed E-state index contributed by atoms with van der Waals surface area (Å²) in [7, 11) is 1.64. The fourth-order valence-corrected chi connectivity index (χ4v) is 3.20. The summed E-state index contributed by atoms with van der Waals surface area (Å²) >= 11 is 0. The highest BCUT2D eigenvalue weighted by Gasteiger charge is 2.24. The van der Waals surface area contributed by atoms with E-state index in [1.165, 1.54) is 24.2 Å². The Balaban J connectivity index is 1.89. The van der Waals surface area contributed by atoms with Gasteiger partial charge in [-0.15, -0.1) is 0 Å². The van der Waals surface area contributed by atoms with E-state index in [4.69, 9.17) is 9.47 Å². The third kappa shape index (κ3) is 5.26.